The summed E-state index contributed by atoms with van der Waals surface area (Å²) in [7, 11) is 6.84. The van der Waals surface area contributed by atoms with Crippen molar-refractivity contribution in [3.63, 3.8) is 0 Å². The van der Waals surface area contributed by atoms with Crippen LogP contribution in [0.25, 0.3) is 43.8 Å². The van der Waals surface area contributed by atoms with Crippen molar-refractivity contribution >= 4 is 29.4 Å². The molecule has 0 amide bonds. The van der Waals surface area contributed by atoms with Crippen molar-refractivity contribution in [3.8, 4) is 22.3 Å². The van der Waals surface area contributed by atoms with Crippen molar-refractivity contribution in [1.82, 2.24) is 0 Å². The number of hydrogen-bond donors (Lipinski definition) is 0. The highest BCUT2D eigenvalue weighted by atomic mass is 14.2. The van der Waals surface area contributed by atoms with E-state index in [1.807, 2.05) is 0 Å². The average molecular weight is 438 g/mol. The van der Waals surface area contributed by atoms with E-state index < -0.39 is 0 Å². The summed E-state index contributed by atoms with van der Waals surface area (Å²) in [6.07, 6.45) is 3.04. The first-order valence-corrected chi connectivity index (χ1v) is 12.5. The van der Waals surface area contributed by atoms with Crippen LogP contribution in [-0.2, 0) is 5.31 Å². The van der Waals surface area contributed by atoms with Crippen molar-refractivity contribution in [3.05, 3.63) is 108 Å². The van der Waals surface area contributed by atoms with Crippen LogP contribution in [0.1, 0.15) is 44.2 Å². The molecule has 0 spiro atoms. The van der Waals surface area contributed by atoms with Crippen LogP contribution in [0.2, 0.25) is 0 Å². The second-order valence-corrected chi connectivity index (χ2v) is 9.52. The first-order valence-electron chi connectivity index (χ1n) is 12.5. The summed E-state index contributed by atoms with van der Waals surface area (Å²) < 4.78 is 0. The average Bonchev–Trinajstić information content (AvgIpc) is 2.87. The lowest BCUT2D eigenvalue weighted by Gasteiger charge is -2.31. The number of benzene rings is 5. The zero-order chi connectivity index (χ0) is 23.7. The van der Waals surface area contributed by atoms with Gasteiger partial charge in [0.1, 0.15) is 0 Å². The third kappa shape index (κ3) is 3.84. The van der Waals surface area contributed by atoms with E-state index in [2.05, 4.69) is 118 Å². The van der Waals surface area contributed by atoms with Gasteiger partial charge in [0.15, 0.2) is 0 Å². The fourth-order valence-electron chi connectivity index (χ4n) is 5.58. The second-order valence-electron chi connectivity index (χ2n) is 9.52. The Kier molecular flexibility index (Phi) is 6.04. The van der Waals surface area contributed by atoms with Crippen LogP contribution in [0.5, 0.6) is 0 Å². The normalized spacial score (nSPS) is 13.3. The molecule has 5 aromatic rings. The van der Waals surface area contributed by atoms with E-state index in [0.29, 0.717) is 0 Å². The Morgan fingerprint density at radius 3 is 1.97 bits per heavy atom. The van der Waals surface area contributed by atoms with E-state index in [-0.39, 0.29) is 5.31 Å². The summed E-state index contributed by atoms with van der Waals surface area (Å²) in [5, 5.41) is 4.87. The Labute approximate surface area is 205 Å². The van der Waals surface area contributed by atoms with Gasteiger partial charge in [-0.15, -0.1) is 0 Å². The van der Waals surface area contributed by atoms with Gasteiger partial charge >= 0.3 is 0 Å². The number of hydrogen-bond acceptors (Lipinski definition) is 0. The molecule has 1 heteroatoms. The van der Waals surface area contributed by atoms with E-state index in [4.69, 9.17) is 7.85 Å². The maximum atomic E-state index is 6.84. The Bertz CT molecular complexity index is 1470. The van der Waals surface area contributed by atoms with Gasteiger partial charge in [-0.3, -0.25) is 0 Å². The topological polar surface area (TPSA) is 0 Å². The van der Waals surface area contributed by atoms with Gasteiger partial charge in [0.2, 0.25) is 0 Å². The minimum atomic E-state index is -0.252. The highest BCUT2D eigenvalue weighted by Crippen LogP contribution is 2.40. The SMILES string of the molecule is [B]C(CC)(CCC)c1ccc(-c2ccc(-c3cccc4ccccc34)c3ccccc23)cc1C. The summed E-state index contributed by atoms with van der Waals surface area (Å²) in [4.78, 5) is 0. The Balaban J connectivity index is 1.67. The highest BCUT2D eigenvalue weighted by Gasteiger charge is 2.25. The van der Waals surface area contributed by atoms with Crippen LogP contribution in [0.4, 0.5) is 0 Å². The Morgan fingerprint density at radius 2 is 1.26 bits per heavy atom. The molecule has 5 rings (SSSR count). The molecule has 0 nitrogen and oxygen atoms in total. The summed E-state index contributed by atoms with van der Waals surface area (Å²) in [6.45, 7) is 6.62. The molecule has 0 aliphatic carbocycles. The van der Waals surface area contributed by atoms with E-state index in [1.54, 1.807) is 0 Å². The van der Waals surface area contributed by atoms with E-state index in [1.165, 1.54) is 54.9 Å². The summed E-state index contributed by atoms with van der Waals surface area (Å²) in [5.41, 5.74) is 7.62. The molecule has 0 aliphatic rings. The van der Waals surface area contributed by atoms with Gasteiger partial charge in [0, 0.05) is 0 Å². The van der Waals surface area contributed by atoms with Crippen LogP contribution in [0.15, 0.2) is 97.1 Å². The molecular formula is C33H31B. The first kappa shape index (κ1) is 22.5. The van der Waals surface area contributed by atoms with Crippen molar-refractivity contribution in [2.45, 2.75) is 45.3 Å². The van der Waals surface area contributed by atoms with Crippen LogP contribution in [0.3, 0.4) is 0 Å². The standard InChI is InChI=1S/C33H31B/c1-4-21-33(34,5-2)32-20-17-25(22-23(32)3)27-18-19-31(30-15-9-8-14-28(27)30)29-16-10-12-24-11-6-7-13-26(24)29/h6-20,22H,4-5,21H2,1-3H3. The Hall–Kier alpha value is -3.32. The number of fused-ring (bicyclic) bond motifs is 2. The fraction of sp³-hybridized carbons (Fsp3) is 0.212. The maximum absolute atomic E-state index is 6.84. The molecule has 34 heavy (non-hydrogen) atoms. The lowest BCUT2D eigenvalue weighted by atomic mass is 9.59. The molecule has 0 heterocycles. The van der Waals surface area contributed by atoms with Gasteiger partial charge < -0.3 is 0 Å². The molecular weight excluding hydrogens is 407 g/mol. The molecule has 1 atom stereocenters. The minimum absolute atomic E-state index is 0.252. The van der Waals surface area contributed by atoms with Gasteiger partial charge in [0.25, 0.3) is 0 Å². The number of rotatable bonds is 6. The van der Waals surface area contributed by atoms with Crippen molar-refractivity contribution in [2.24, 2.45) is 0 Å². The first-order chi connectivity index (χ1) is 16.6. The molecule has 0 aliphatic heterocycles. The van der Waals surface area contributed by atoms with Gasteiger partial charge in [-0.05, 0) is 67.2 Å². The lowest BCUT2D eigenvalue weighted by molar-refractivity contribution is 0.525. The minimum Gasteiger partial charge on any atom is -0.0654 e. The van der Waals surface area contributed by atoms with Crippen LogP contribution in [0, 0.1) is 6.92 Å². The summed E-state index contributed by atoms with van der Waals surface area (Å²) in [6, 6.07) is 35.4. The molecule has 1 unspecified atom stereocenters. The smallest absolute Gasteiger partial charge is 0.0654 e. The summed E-state index contributed by atoms with van der Waals surface area (Å²) >= 11 is 0. The second kappa shape index (κ2) is 9.14. The predicted molar refractivity (Wildman–Crippen MR) is 150 cm³/mol. The monoisotopic (exact) mass is 438 g/mol. The molecule has 0 aromatic heterocycles. The third-order valence-corrected chi connectivity index (χ3v) is 7.40. The molecule has 0 saturated heterocycles. The van der Waals surface area contributed by atoms with Crippen LogP contribution < -0.4 is 0 Å². The van der Waals surface area contributed by atoms with Crippen molar-refractivity contribution in [2.75, 3.05) is 0 Å². The summed E-state index contributed by atoms with van der Waals surface area (Å²) in [5.74, 6) is 0. The zero-order valence-corrected chi connectivity index (χ0v) is 20.4. The molecule has 0 fully saturated rings. The van der Waals surface area contributed by atoms with Crippen molar-refractivity contribution < 1.29 is 0 Å². The maximum Gasteiger partial charge on any atom is 0.0810 e. The van der Waals surface area contributed by atoms with Crippen LogP contribution in [-0.4, -0.2) is 7.85 Å². The zero-order valence-electron chi connectivity index (χ0n) is 20.4. The quantitative estimate of drug-likeness (QED) is 0.232. The third-order valence-electron chi connectivity index (χ3n) is 7.40. The van der Waals surface area contributed by atoms with Gasteiger partial charge in [0.05, 0.1) is 7.85 Å². The molecule has 166 valence electrons. The molecule has 2 radical (unpaired) electrons. The fourth-order valence-corrected chi connectivity index (χ4v) is 5.58. The van der Waals surface area contributed by atoms with E-state index in [0.717, 1.165) is 19.3 Å². The molecule has 0 saturated carbocycles. The predicted octanol–water partition coefficient (Wildman–Crippen LogP) is 9.21. The highest BCUT2D eigenvalue weighted by molar-refractivity contribution is 6.16. The van der Waals surface area contributed by atoms with Gasteiger partial charge in [-0.25, -0.2) is 0 Å². The van der Waals surface area contributed by atoms with E-state index >= 15 is 0 Å². The van der Waals surface area contributed by atoms with E-state index in [9.17, 15) is 0 Å². The molecule has 5 aromatic carbocycles. The molecule has 0 N–H and O–H groups in total. The van der Waals surface area contributed by atoms with Gasteiger partial charge in [-0.2, -0.15) is 0 Å². The van der Waals surface area contributed by atoms with Crippen LogP contribution >= 0.6 is 0 Å². The number of aryl methyl sites for hydroxylation is 1. The Morgan fingerprint density at radius 1 is 0.647 bits per heavy atom. The van der Waals surface area contributed by atoms with Crippen molar-refractivity contribution in [1.29, 1.82) is 0 Å². The molecule has 0 bridgehead atoms. The largest absolute Gasteiger partial charge is 0.0810 e. The van der Waals surface area contributed by atoms with Gasteiger partial charge in [-0.1, -0.05) is 130 Å². The lowest BCUT2D eigenvalue weighted by Crippen LogP contribution is -2.26.